The standard InChI is InChI=1S/C7H10N4O3.H2O/c8-3(1-5(9)12)4-2-6(13)11-7(14)10-4;/h2-3H,1,8H2,(H2,9,12)(H2,10,11,13,14);1H2. The molecule has 84 valence electrons. The molecule has 8 heteroatoms. The Morgan fingerprint density at radius 2 is 2.00 bits per heavy atom. The number of nitrogens with one attached hydrogen (secondary N) is 2. The molecule has 8 nitrogen and oxygen atoms in total. The molecule has 1 heterocycles. The number of carbonyl (C=O) groups excluding carboxylic acids is 1. The van der Waals surface area contributed by atoms with Gasteiger partial charge in [-0.2, -0.15) is 0 Å². The Hall–Kier alpha value is -1.93. The topological polar surface area (TPSA) is 166 Å². The fourth-order valence-electron chi connectivity index (χ4n) is 1.01. The minimum atomic E-state index is -0.762. The highest BCUT2D eigenvalue weighted by Crippen LogP contribution is 2.06. The van der Waals surface area contributed by atoms with Crippen molar-refractivity contribution in [1.29, 1.82) is 0 Å². The van der Waals surface area contributed by atoms with Crippen LogP contribution in [0.15, 0.2) is 15.7 Å². The van der Waals surface area contributed by atoms with E-state index >= 15 is 0 Å². The fraction of sp³-hybridized carbons (Fsp3) is 0.286. The van der Waals surface area contributed by atoms with Gasteiger partial charge in [0.25, 0.3) is 5.56 Å². The number of nitrogens with two attached hydrogens (primary N) is 2. The quantitative estimate of drug-likeness (QED) is 0.426. The second kappa shape index (κ2) is 5.08. The summed E-state index contributed by atoms with van der Waals surface area (Å²) in [6, 6.07) is 0.358. The molecule has 0 spiro atoms. The summed E-state index contributed by atoms with van der Waals surface area (Å²) >= 11 is 0. The molecule has 1 amide bonds. The highest BCUT2D eigenvalue weighted by Gasteiger charge is 2.10. The van der Waals surface area contributed by atoms with Crippen LogP contribution in [0.3, 0.4) is 0 Å². The normalized spacial score (nSPS) is 11.5. The third-order valence-corrected chi connectivity index (χ3v) is 1.60. The smallest absolute Gasteiger partial charge is 0.325 e. The average Bonchev–Trinajstić information content (AvgIpc) is 2.00. The number of aromatic nitrogens is 2. The monoisotopic (exact) mass is 216 g/mol. The van der Waals surface area contributed by atoms with Gasteiger partial charge in [-0.3, -0.25) is 14.6 Å². The third-order valence-electron chi connectivity index (χ3n) is 1.60. The van der Waals surface area contributed by atoms with E-state index in [1.807, 2.05) is 4.98 Å². The van der Waals surface area contributed by atoms with Crippen LogP contribution in [0.1, 0.15) is 18.2 Å². The van der Waals surface area contributed by atoms with E-state index in [1.54, 1.807) is 0 Å². The van der Waals surface area contributed by atoms with E-state index in [1.165, 1.54) is 0 Å². The Morgan fingerprint density at radius 1 is 1.40 bits per heavy atom. The number of H-pyrrole nitrogens is 2. The lowest BCUT2D eigenvalue weighted by atomic mass is 10.1. The third kappa shape index (κ3) is 3.75. The number of rotatable bonds is 3. The van der Waals surface area contributed by atoms with Gasteiger partial charge >= 0.3 is 5.69 Å². The summed E-state index contributed by atoms with van der Waals surface area (Å²) in [4.78, 5) is 36.5. The molecule has 1 atom stereocenters. The molecule has 1 aromatic rings. The van der Waals surface area contributed by atoms with Crippen LogP contribution < -0.4 is 22.7 Å². The fourth-order valence-corrected chi connectivity index (χ4v) is 1.01. The Bertz CT molecular complexity index is 421. The molecule has 0 fully saturated rings. The molecule has 0 aromatic carbocycles. The second-order valence-electron chi connectivity index (χ2n) is 2.82. The van der Waals surface area contributed by atoms with Crippen molar-refractivity contribution in [1.82, 2.24) is 9.97 Å². The molecule has 15 heavy (non-hydrogen) atoms. The molecule has 1 unspecified atom stereocenters. The van der Waals surface area contributed by atoms with Gasteiger partial charge in [0.1, 0.15) is 0 Å². The lowest BCUT2D eigenvalue weighted by molar-refractivity contribution is -0.118. The van der Waals surface area contributed by atoms with E-state index in [2.05, 4.69) is 4.98 Å². The maximum Gasteiger partial charge on any atom is 0.325 e. The van der Waals surface area contributed by atoms with Crippen LogP contribution in [0.4, 0.5) is 0 Å². The van der Waals surface area contributed by atoms with Crippen LogP contribution in [-0.4, -0.2) is 21.4 Å². The molecule has 0 aliphatic rings. The van der Waals surface area contributed by atoms with E-state index in [-0.39, 0.29) is 17.6 Å². The zero-order valence-corrected chi connectivity index (χ0v) is 7.74. The number of hydrogen-bond donors (Lipinski definition) is 4. The highest BCUT2D eigenvalue weighted by atomic mass is 16.2. The summed E-state index contributed by atoms with van der Waals surface area (Å²) in [6.45, 7) is 0. The van der Waals surface area contributed by atoms with Crippen LogP contribution in [0, 0.1) is 0 Å². The number of carbonyl (C=O) groups is 1. The second-order valence-corrected chi connectivity index (χ2v) is 2.82. The number of primary amides is 1. The molecule has 1 aromatic heterocycles. The zero-order chi connectivity index (χ0) is 10.7. The van der Waals surface area contributed by atoms with Gasteiger partial charge in [-0.15, -0.1) is 0 Å². The summed E-state index contributed by atoms with van der Waals surface area (Å²) in [5, 5.41) is 0. The number of amides is 1. The molecular formula is C7H12N4O4. The van der Waals surface area contributed by atoms with Crippen molar-refractivity contribution in [2.75, 3.05) is 0 Å². The van der Waals surface area contributed by atoms with Crippen molar-refractivity contribution in [3.05, 3.63) is 32.6 Å². The van der Waals surface area contributed by atoms with Crippen molar-refractivity contribution in [2.45, 2.75) is 12.5 Å². The summed E-state index contributed by atoms with van der Waals surface area (Å²) in [5.41, 5.74) is 9.39. The van der Waals surface area contributed by atoms with Crippen molar-refractivity contribution < 1.29 is 10.3 Å². The van der Waals surface area contributed by atoms with Crippen LogP contribution >= 0.6 is 0 Å². The Kier molecular flexibility index (Phi) is 4.42. The number of aromatic amines is 2. The summed E-state index contributed by atoms with van der Waals surface area (Å²) in [7, 11) is 0. The Labute approximate surface area is 83.6 Å². The SMILES string of the molecule is NC(=O)CC(N)c1cc(=O)[nH]c(=O)[nH]1.O. The first kappa shape index (κ1) is 13.1. The predicted molar refractivity (Wildman–Crippen MR) is 52.0 cm³/mol. The Morgan fingerprint density at radius 3 is 2.47 bits per heavy atom. The minimum absolute atomic E-state index is 0. The first-order chi connectivity index (χ1) is 6.49. The summed E-state index contributed by atoms with van der Waals surface area (Å²) in [6.07, 6.45) is -0.126. The lowest BCUT2D eigenvalue weighted by Gasteiger charge is -2.07. The predicted octanol–water partition coefficient (Wildman–Crippen LogP) is -2.89. The van der Waals surface area contributed by atoms with E-state index < -0.39 is 23.2 Å². The van der Waals surface area contributed by atoms with Gasteiger partial charge in [0.05, 0.1) is 6.04 Å². The van der Waals surface area contributed by atoms with Gasteiger partial charge < -0.3 is 21.9 Å². The molecular weight excluding hydrogens is 204 g/mol. The van der Waals surface area contributed by atoms with E-state index in [0.717, 1.165) is 6.07 Å². The maximum absolute atomic E-state index is 10.9. The summed E-state index contributed by atoms with van der Waals surface area (Å²) < 4.78 is 0. The van der Waals surface area contributed by atoms with Gasteiger partial charge in [0, 0.05) is 18.2 Å². The molecule has 0 saturated heterocycles. The van der Waals surface area contributed by atoms with Crippen LogP contribution in [0.25, 0.3) is 0 Å². The van der Waals surface area contributed by atoms with E-state index in [4.69, 9.17) is 11.5 Å². The summed E-state index contributed by atoms with van der Waals surface area (Å²) in [5.74, 6) is -0.598. The average molecular weight is 216 g/mol. The van der Waals surface area contributed by atoms with E-state index in [0.29, 0.717) is 0 Å². The van der Waals surface area contributed by atoms with E-state index in [9.17, 15) is 14.4 Å². The molecule has 0 saturated carbocycles. The van der Waals surface area contributed by atoms with Crippen molar-refractivity contribution in [2.24, 2.45) is 11.5 Å². The first-order valence-corrected chi connectivity index (χ1v) is 3.86. The van der Waals surface area contributed by atoms with Gasteiger partial charge in [-0.25, -0.2) is 4.79 Å². The van der Waals surface area contributed by atoms with Crippen molar-refractivity contribution in [3.8, 4) is 0 Å². The van der Waals surface area contributed by atoms with Gasteiger partial charge in [0.2, 0.25) is 5.91 Å². The van der Waals surface area contributed by atoms with Crippen LogP contribution in [0.2, 0.25) is 0 Å². The maximum atomic E-state index is 10.9. The molecule has 0 radical (unpaired) electrons. The molecule has 0 aliphatic carbocycles. The largest absolute Gasteiger partial charge is 0.412 e. The highest BCUT2D eigenvalue weighted by molar-refractivity contribution is 5.74. The Balaban J connectivity index is 0.00000196. The molecule has 0 aliphatic heterocycles. The van der Waals surface area contributed by atoms with Crippen LogP contribution in [0.5, 0.6) is 0 Å². The van der Waals surface area contributed by atoms with Gasteiger partial charge in [-0.05, 0) is 0 Å². The zero-order valence-electron chi connectivity index (χ0n) is 7.74. The number of hydrogen-bond acceptors (Lipinski definition) is 4. The minimum Gasteiger partial charge on any atom is -0.412 e. The lowest BCUT2D eigenvalue weighted by Crippen LogP contribution is -2.28. The van der Waals surface area contributed by atoms with Crippen molar-refractivity contribution >= 4 is 5.91 Å². The van der Waals surface area contributed by atoms with Crippen molar-refractivity contribution in [3.63, 3.8) is 0 Å². The van der Waals surface area contributed by atoms with Crippen LogP contribution in [-0.2, 0) is 4.79 Å². The van der Waals surface area contributed by atoms with Gasteiger partial charge in [-0.1, -0.05) is 0 Å². The first-order valence-electron chi connectivity index (χ1n) is 3.86. The molecule has 8 N–H and O–H groups in total. The van der Waals surface area contributed by atoms with Gasteiger partial charge in [0.15, 0.2) is 0 Å². The molecule has 1 rings (SSSR count). The molecule has 0 bridgehead atoms.